The first-order valence-electron chi connectivity index (χ1n) is 7.17. The normalized spacial score (nSPS) is 10.6. The lowest BCUT2D eigenvalue weighted by atomic mass is 10.1. The molecule has 0 unspecified atom stereocenters. The molecule has 0 saturated carbocycles. The van der Waals surface area contributed by atoms with Gasteiger partial charge in [-0.25, -0.2) is 0 Å². The largest absolute Gasteiger partial charge is 0.494 e. The van der Waals surface area contributed by atoms with Gasteiger partial charge in [-0.05, 0) is 17.0 Å². The van der Waals surface area contributed by atoms with E-state index >= 15 is 0 Å². The minimum absolute atomic E-state index is 0.205. The Morgan fingerprint density at radius 3 is 2.92 bits per heavy atom. The highest BCUT2D eigenvalue weighted by Gasteiger charge is 2.18. The van der Waals surface area contributed by atoms with Crippen LogP contribution in [0.2, 0.25) is 0 Å². The second kappa shape index (κ2) is 6.49. The van der Waals surface area contributed by atoms with Gasteiger partial charge in [-0.1, -0.05) is 18.2 Å². The average Bonchev–Trinajstić information content (AvgIpc) is 2.60. The van der Waals surface area contributed by atoms with E-state index < -0.39 is 16.4 Å². The van der Waals surface area contributed by atoms with Crippen LogP contribution in [0.15, 0.2) is 48.8 Å². The molecule has 1 aromatic heterocycles. The molecule has 0 bridgehead atoms. The number of ether oxygens (including phenoxy) is 1. The van der Waals surface area contributed by atoms with Gasteiger partial charge < -0.3 is 10.1 Å². The number of hydrogen-bond acceptors (Lipinski definition) is 5. The van der Waals surface area contributed by atoms with Crippen LogP contribution in [0, 0.1) is 15.9 Å². The topological polar surface area (TPSA) is 77.3 Å². The van der Waals surface area contributed by atoms with Crippen molar-refractivity contribution in [3.8, 4) is 5.75 Å². The van der Waals surface area contributed by atoms with Gasteiger partial charge in [-0.3, -0.25) is 15.1 Å². The summed E-state index contributed by atoms with van der Waals surface area (Å²) in [7, 11) is 1.38. The maximum atomic E-state index is 13.7. The van der Waals surface area contributed by atoms with E-state index in [-0.39, 0.29) is 5.75 Å². The van der Waals surface area contributed by atoms with E-state index in [1.807, 2.05) is 24.3 Å². The van der Waals surface area contributed by atoms with Crippen molar-refractivity contribution >= 4 is 22.1 Å². The lowest BCUT2D eigenvalue weighted by molar-refractivity contribution is -0.387. The van der Waals surface area contributed by atoms with E-state index in [0.29, 0.717) is 12.2 Å². The molecule has 24 heavy (non-hydrogen) atoms. The maximum Gasteiger partial charge on any atom is 0.307 e. The summed E-state index contributed by atoms with van der Waals surface area (Å²) in [5.41, 5.74) is 0.721. The first kappa shape index (κ1) is 15.7. The number of aromatic nitrogens is 1. The molecule has 3 rings (SSSR count). The minimum atomic E-state index is -0.934. The van der Waals surface area contributed by atoms with Gasteiger partial charge in [0.1, 0.15) is 5.75 Å². The molecule has 0 saturated heterocycles. The summed E-state index contributed by atoms with van der Waals surface area (Å²) in [6, 6.07) is 9.87. The molecule has 1 N–H and O–H groups in total. The van der Waals surface area contributed by atoms with E-state index in [4.69, 9.17) is 4.74 Å². The third kappa shape index (κ3) is 2.96. The van der Waals surface area contributed by atoms with Crippen molar-refractivity contribution in [2.24, 2.45) is 0 Å². The van der Waals surface area contributed by atoms with Crippen LogP contribution in [0.25, 0.3) is 10.8 Å². The summed E-state index contributed by atoms with van der Waals surface area (Å²) in [6.45, 7) is 0.391. The Kier molecular flexibility index (Phi) is 4.24. The molecule has 0 aliphatic heterocycles. The Balaban J connectivity index is 1.93. The standard InChI is InChI=1S/C17H14FN3O3/c1-24-17-7-14(18)16(21(22)23)8-15(17)20-9-12-4-2-3-11-5-6-19-10-13(11)12/h2-8,10,20H,9H2,1H3. The molecule has 0 amide bonds. The van der Waals surface area contributed by atoms with Gasteiger partial charge in [0.2, 0.25) is 5.82 Å². The molecule has 0 aliphatic rings. The summed E-state index contributed by atoms with van der Waals surface area (Å²) in [4.78, 5) is 14.3. The van der Waals surface area contributed by atoms with Gasteiger partial charge in [-0.15, -0.1) is 0 Å². The molecule has 0 radical (unpaired) electrons. The van der Waals surface area contributed by atoms with E-state index in [2.05, 4.69) is 10.3 Å². The smallest absolute Gasteiger partial charge is 0.307 e. The Morgan fingerprint density at radius 1 is 1.33 bits per heavy atom. The zero-order valence-corrected chi connectivity index (χ0v) is 12.8. The summed E-state index contributed by atoms with van der Waals surface area (Å²) in [5, 5.41) is 16.0. The van der Waals surface area contributed by atoms with E-state index in [1.165, 1.54) is 7.11 Å². The van der Waals surface area contributed by atoms with Crippen LogP contribution in [0.1, 0.15) is 5.56 Å². The lowest BCUT2D eigenvalue weighted by Crippen LogP contribution is -2.04. The first-order valence-corrected chi connectivity index (χ1v) is 7.17. The van der Waals surface area contributed by atoms with Gasteiger partial charge in [0.05, 0.1) is 17.7 Å². The zero-order chi connectivity index (χ0) is 17.1. The van der Waals surface area contributed by atoms with Crippen LogP contribution in [0.3, 0.4) is 0 Å². The lowest BCUT2D eigenvalue weighted by Gasteiger charge is -2.12. The number of halogens is 1. The number of hydrogen-bond donors (Lipinski definition) is 1. The van der Waals surface area contributed by atoms with Gasteiger partial charge >= 0.3 is 5.69 Å². The number of benzene rings is 2. The highest BCUT2D eigenvalue weighted by Crippen LogP contribution is 2.32. The Bertz CT molecular complexity index is 909. The van der Waals surface area contributed by atoms with Crippen LogP contribution < -0.4 is 10.1 Å². The van der Waals surface area contributed by atoms with Crippen molar-refractivity contribution in [2.45, 2.75) is 6.54 Å². The number of nitrogens with one attached hydrogen (secondary N) is 1. The Morgan fingerprint density at radius 2 is 2.17 bits per heavy atom. The van der Waals surface area contributed by atoms with Crippen molar-refractivity contribution in [3.05, 3.63) is 70.3 Å². The molecule has 3 aromatic rings. The molecule has 6 nitrogen and oxygen atoms in total. The Hall–Kier alpha value is -3.22. The van der Waals surface area contributed by atoms with Crippen molar-refractivity contribution in [2.75, 3.05) is 12.4 Å². The van der Waals surface area contributed by atoms with Crippen LogP contribution in [0.4, 0.5) is 15.8 Å². The minimum Gasteiger partial charge on any atom is -0.494 e. The van der Waals surface area contributed by atoms with E-state index in [0.717, 1.165) is 28.5 Å². The number of methoxy groups -OCH3 is 1. The highest BCUT2D eigenvalue weighted by molar-refractivity contribution is 5.85. The van der Waals surface area contributed by atoms with Crippen molar-refractivity contribution < 1.29 is 14.1 Å². The number of nitro groups is 1. The SMILES string of the molecule is COc1cc(F)c([N+](=O)[O-])cc1NCc1cccc2ccncc12. The Labute approximate surface area is 137 Å². The number of nitrogens with zero attached hydrogens (tertiary/aromatic N) is 2. The van der Waals surface area contributed by atoms with Gasteiger partial charge in [-0.2, -0.15) is 4.39 Å². The number of pyridine rings is 1. The third-order valence-electron chi connectivity index (χ3n) is 3.71. The van der Waals surface area contributed by atoms with Crippen LogP contribution in [-0.4, -0.2) is 17.0 Å². The van der Waals surface area contributed by atoms with Crippen molar-refractivity contribution in [3.63, 3.8) is 0 Å². The number of nitro benzene ring substituents is 1. The number of anilines is 1. The molecule has 0 fully saturated rings. The predicted octanol–water partition coefficient (Wildman–Crippen LogP) is 3.90. The highest BCUT2D eigenvalue weighted by atomic mass is 19.1. The number of rotatable bonds is 5. The molecule has 2 aromatic carbocycles. The summed E-state index contributed by atoms with van der Waals surface area (Å²) in [5.74, 6) is -0.728. The number of fused-ring (bicyclic) bond motifs is 1. The van der Waals surface area contributed by atoms with Gasteiger partial charge in [0.15, 0.2) is 0 Å². The fourth-order valence-corrected chi connectivity index (χ4v) is 2.51. The predicted molar refractivity (Wildman–Crippen MR) is 88.7 cm³/mol. The van der Waals surface area contributed by atoms with Crippen molar-refractivity contribution in [1.29, 1.82) is 0 Å². The maximum absolute atomic E-state index is 13.7. The summed E-state index contributed by atoms with van der Waals surface area (Å²) < 4.78 is 18.8. The quantitative estimate of drug-likeness (QED) is 0.568. The second-order valence-electron chi connectivity index (χ2n) is 5.13. The third-order valence-corrected chi connectivity index (χ3v) is 3.71. The summed E-state index contributed by atoms with van der Waals surface area (Å²) in [6.07, 6.45) is 3.47. The first-order chi connectivity index (χ1) is 11.6. The molecule has 122 valence electrons. The average molecular weight is 327 g/mol. The zero-order valence-electron chi connectivity index (χ0n) is 12.8. The molecule has 0 spiro atoms. The van der Waals surface area contributed by atoms with E-state index in [9.17, 15) is 14.5 Å². The van der Waals surface area contributed by atoms with Crippen LogP contribution in [0.5, 0.6) is 5.75 Å². The fourth-order valence-electron chi connectivity index (χ4n) is 2.51. The van der Waals surface area contributed by atoms with Gasteiger partial charge in [0.25, 0.3) is 0 Å². The molecule has 0 aliphatic carbocycles. The monoisotopic (exact) mass is 327 g/mol. The van der Waals surface area contributed by atoms with Crippen molar-refractivity contribution in [1.82, 2.24) is 4.98 Å². The molecule has 7 heteroatoms. The molecule has 0 atom stereocenters. The summed E-state index contributed by atoms with van der Waals surface area (Å²) >= 11 is 0. The van der Waals surface area contributed by atoms with Crippen LogP contribution >= 0.6 is 0 Å². The van der Waals surface area contributed by atoms with E-state index in [1.54, 1.807) is 12.4 Å². The van der Waals surface area contributed by atoms with Crippen LogP contribution in [-0.2, 0) is 6.54 Å². The van der Waals surface area contributed by atoms with Gasteiger partial charge in [0, 0.05) is 36.5 Å². The fraction of sp³-hybridized carbons (Fsp3) is 0.118. The molecular weight excluding hydrogens is 313 g/mol. The second-order valence-corrected chi connectivity index (χ2v) is 5.13. The molecular formula is C17H14FN3O3. The molecule has 1 heterocycles.